The van der Waals surface area contributed by atoms with E-state index >= 15 is 0 Å². The summed E-state index contributed by atoms with van der Waals surface area (Å²) < 4.78 is 10.9. The van der Waals surface area contributed by atoms with Crippen molar-refractivity contribution in [3.05, 3.63) is 53.6 Å². The number of benzene rings is 2. The molecule has 0 spiro atoms. The maximum absolute atomic E-state index is 11.8. The van der Waals surface area contributed by atoms with E-state index < -0.39 is 5.91 Å². The Kier molecular flexibility index (Phi) is 6.19. The van der Waals surface area contributed by atoms with Crippen LogP contribution in [0.1, 0.15) is 18.1 Å². The number of ether oxygens (including phenoxy) is 2. The van der Waals surface area contributed by atoms with Crippen molar-refractivity contribution < 1.29 is 19.4 Å². The number of phenols is 1. The highest BCUT2D eigenvalue weighted by atomic mass is 16.5. The minimum absolute atomic E-state index is 0.136. The maximum Gasteiger partial charge on any atom is 0.277 e. The lowest BCUT2D eigenvalue weighted by Crippen LogP contribution is -2.24. The van der Waals surface area contributed by atoms with Gasteiger partial charge in [0.05, 0.1) is 12.8 Å². The zero-order valence-corrected chi connectivity index (χ0v) is 13.7. The molecule has 0 unspecified atom stereocenters. The lowest BCUT2D eigenvalue weighted by molar-refractivity contribution is -0.123. The number of para-hydroxylation sites is 3. The summed E-state index contributed by atoms with van der Waals surface area (Å²) in [5.74, 6) is 0.804. The van der Waals surface area contributed by atoms with Crippen LogP contribution in [0.3, 0.4) is 0 Å². The highest BCUT2D eigenvalue weighted by Crippen LogP contribution is 2.26. The van der Waals surface area contributed by atoms with E-state index in [1.807, 2.05) is 13.0 Å². The molecule has 126 valence electrons. The average molecular weight is 328 g/mol. The number of hydrogen-bond donors (Lipinski definition) is 2. The third-order valence-corrected chi connectivity index (χ3v) is 3.17. The Balaban J connectivity index is 1.88. The third-order valence-electron chi connectivity index (χ3n) is 3.17. The zero-order valence-electron chi connectivity index (χ0n) is 13.7. The van der Waals surface area contributed by atoms with Crippen LogP contribution in [-0.2, 0) is 4.79 Å². The number of nitrogens with zero attached hydrogens (tertiary/aromatic N) is 1. The number of aromatic hydroxyl groups is 1. The first-order chi connectivity index (χ1) is 11.6. The number of hydrazone groups is 1. The quantitative estimate of drug-likeness (QED) is 0.605. The monoisotopic (exact) mass is 328 g/mol. The van der Waals surface area contributed by atoms with E-state index in [0.717, 1.165) is 5.56 Å². The van der Waals surface area contributed by atoms with Gasteiger partial charge in [-0.3, -0.25) is 4.79 Å². The van der Waals surface area contributed by atoms with Gasteiger partial charge in [-0.15, -0.1) is 0 Å². The van der Waals surface area contributed by atoms with Crippen molar-refractivity contribution in [2.45, 2.75) is 13.8 Å². The molecule has 0 bridgehead atoms. The molecule has 0 aliphatic heterocycles. The minimum atomic E-state index is -0.412. The first kappa shape index (κ1) is 17.3. The van der Waals surface area contributed by atoms with E-state index in [9.17, 15) is 9.90 Å². The molecule has 6 nitrogen and oxygen atoms in total. The molecule has 0 fully saturated rings. The van der Waals surface area contributed by atoms with Crippen LogP contribution in [0.4, 0.5) is 0 Å². The van der Waals surface area contributed by atoms with Gasteiger partial charge in [0.2, 0.25) is 0 Å². The molecular formula is C18H20N2O4. The van der Waals surface area contributed by atoms with Crippen LogP contribution < -0.4 is 14.9 Å². The first-order valence-corrected chi connectivity index (χ1v) is 7.57. The molecule has 6 heteroatoms. The molecule has 0 aliphatic carbocycles. The van der Waals surface area contributed by atoms with Crippen molar-refractivity contribution in [2.24, 2.45) is 5.10 Å². The van der Waals surface area contributed by atoms with Crippen molar-refractivity contribution >= 4 is 12.1 Å². The number of carbonyl (C=O) groups excluding carboxylic acids is 1. The number of carbonyl (C=O) groups is 1. The predicted octanol–water partition coefficient (Wildman–Crippen LogP) is 2.63. The van der Waals surface area contributed by atoms with E-state index in [1.54, 1.807) is 43.3 Å². The fourth-order valence-electron chi connectivity index (χ4n) is 1.98. The normalized spacial score (nSPS) is 10.6. The van der Waals surface area contributed by atoms with Crippen LogP contribution in [0.15, 0.2) is 47.6 Å². The summed E-state index contributed by atoms with van der Waals surface area (Å²) in [5.41, 5.74) is 3.62. The largest absolute Gasteiger partial charge is 0.507 e. The van der Waals surface area contributed by atoms with Crippen molar-refractivity contribution in [2.75, 3.05) is 13.2 Å². The lowest BCUT2D eigenvalue weighted by Gasteiger charge is -2.10. The highest BCUT2D eigenvalue weighted by molar-refractivity contribution is 5.85. The van der Waals surface area contributed by atoms with Crippen LogP contribution >= 0.6 is 0 Å². The molecule has 0 saturated carbocycles. The zero-order chi connectivity index (χ0) is 17.4. The molecular weight excluding hydrogens is 308 g/mol. The summed E-state index contributed by atoms with van der Waals surface area (Å²) >= 11 is 0. The number of aryl methyl sites for hydroxylation is 1. The maximum atomic E-state index is 11.8. The van der Waals surface area contributed by atoms with Crippen molar-refractivity contribution in [1.82, 2.24) is 5.43 Å². The van der Waals surface area contributed by atoms with Crippen molar-refractivity contribution in [3.8, 4) is 17.2 Å². The SMILES string of the molecule is CCOc1ccccc1OCC(=O)N/N=C\c1cccc(C)c1O. The van der Waals surface area contributed by atoms with Gasteiger partial charge < -0.3 is 14.6 Å². The fourth-order valence-corrected chi connectivity index (χ4v) is 1.98. The number of phenolic OH excluding ortho intramolecular Hbond substituents is 1. The summed E-state index contributed by atoms with van der Waals surface area (Å²) in [4.78, 5) is 11.8. The Labute approximate surface area is 140 Å². The van der Waals surface area contributed by atoms with Crippen LogP contribution in [0.2, 0.25) is 0 Å². The second-order valence-corrected chi connectivity index (χ2v) is 4.97. The average Bonchev–Trinajstić information content (AvgIpc) is 2.58. The topological polar surface area (TPSA) is 80.2 Å². The van der Waals surface area contributed by atoms with Crippen LogP contribution in [0, 0.1) is 6.92 Å². The van der Waals surface area contributed by atoms with Crippen LogP contribution in [0.25, 0.3) is 0 Å². The summed E-state index contributed by atoms with van der Waals surface area (Å²) in [6, 6.07) is 12.4. The number of nitrogens with one attached hydrogen (secondary N) is 1. The van der Waals surface area contributed by atoms with Gasteiger partial charge in [0.15, 0.2) is 18.1 Å². The Bertz CT molecular complexity index is 729. The molecule has 1 amide bonds. The highest BCUT2D eigenvalue weighted by Gasteiger charge is 2.07. The van der Waals surface area contributed by atoms with E-state index in [1.165, 1.54) is 6.21 Å². The van der Waals surface area contributed by atoms with Gasteiger partial charge in [-0.25, -0.2) is 5.43 Å². The Morgan fingerprint density at radius 3 is 2.58 bits per heavy atom. The molecule has 2 aromatic rings. The van der Waals surface area contributed by atoms with Gasteiger partial charge in [0.1, 0.15) is 5.75 Å². The molecule has 0 aliphatic rings. The molecule has 0 saturated heterocycles. The molecule has 2 aromatic carbocycles. The smallest absolute Gasteiger partial charge is 0.277 e. The second-order valence-electron chi connectivity index (χ2n) is 4.97. The molecule has 24 heavy (non-hydrogen) atoms. The molecule has 0 aromatic heterocycles. The number of hydrogen-bond acceptors (Lipinski definition) is 5. The molecule has 0 heterocycles. The Hall–Kier alpha value is -3.02. The molecule has 2 N–H and O–H groups in total. The second kappa shape index (κ2) is 8.57. The van der Waals surface area contributed by atoms with E-state index in [-0.39, 0.29) is 12.4 Å². The van der Waals surface area contributed by atoms with E-state index in [2.05, 4.69) is 10.5 Å². The van der Waals surface area contributed by atoms with E-state index in [0.29, 0.717) is 23.7 Å². The summed E-state index contributed by atoms with van der Waals surface area (Å²) in [6.45, 7) is 3.98. The predicted molar refractivity (Wildman–Crippen MR) is 91.7 cm³/mol. The first-order valence-electron chi connectivity index (χ1n) is 7.57. The summed E-state index contributed by atoms with van der Waals surface area (Å²) in [5, 5.41) is 13.7. The molecule has 0 atom stereocenters. The standard InChI is InChI=1S/C18H20N2O4/c1-3-23-15-9-4-5-10-16(15)24-12-17(21)20-19-11-14-8-6-7-13(2)18(14)22/h4-11,22H,3,12H2,1-2H3,(H,20,21)/b19-11-. The van der Waals surface area contributed by atoms with Gasteiger partial charge in [-0.05, 0) is 37.6 Å². The van der Waals surface area contributed by atoms with Gasteiger partial charge in [-0.1, -0.05) is 24.3 Å². The van der Waals surface area contributed by atoms with Gasteiger partial charge >= 0.3 is 0 Å². The Morgan fingerprint density at radius 2 is 1.88 bits per heavy atom. The summed E-state index contributed by atoms with van der Waals surface area (Å²) in [6.07, 6.45) is 1.38. The van der Waals surface area contributed by atoms with Gasteiger partial charge in [-0.2, -0.15) is 5.10 Å². The van der Waals surface area contributed by atoms with Crippen LogP contribution in [0.5, 0.6) is 17.2 Å². The fraction of sp³-hybridized carbons (Fsp3) is 0.222. The van der Waals surface area contributed by atoms with Gasteiger partial charge in [0, 0.05) is 5.56 Å². The van der Waals surface area contributed by atoms with Crippen molar-refractivity contribution in [3.63, 3.8) is 0 Å². The number of rotatable bonds is 7. The minimum Gasteiger partial charge on any atom is -0.507 e. The third kappa shape index (κ3) is 4.74. The molecule has 0 radical (unpaired) electrons. The van der Waals surface area contributed by atoms with Gasteiger partial charge in [0.25, 0.3) is 5.91 Å². The lowest BCUT2D eigenvalue weighted by atomic mass is 10.1. The summed E-state index contributed by atoms with van der Waals surface area (Å²) in [7, 11) is 0. The van der Waals surface area contributed by atoms with Crippen LogP contribution in [-0.4, -0.2) is 30.4 Å². The molecule has 2 rings (SSSR count). The number of amides is 1. The Morgan fingerprint density at radius 1 is 1.17 bits per heavy atom. The van der Waals surface area contributed by atoms with Crippen molar-refractivity contribution in [1.29, 1.82) is 0 Å². The van der Waals surface area contributed by atoms with E-state index in [4.69, 9.17) is 9.47 Å².